The van der Waals surface area contributed by atoms with E-state index in [-0.39, 0.29) is 57.9 Å². The van der Waals surface area contributed by atoms with Crippen LogP contribution in [0.4, 0.5) is 12.9 Å². The quantitative estimate of drug-likeness (QED) is 0.550. The molecule has 1 aromatic rings. The summed E-state index contributed by atoms with van der Waals surface area (Å²) in [5.41, 5.74) is 6.61. The van der Waals surface area contributed by atoms with Crippen LogP contribution >= 0.6 is 22.6 Å². The molecule has 0 radical (unpaired) electrons. The summed E-state index contributed by atoms with van der Waals surface area (Å²) in [6, 6.07) is 1.17. The van der Waals surface area contributed by atoms with E-state index in [1.807, 2.05) is 22.6 Å². The number of rotatable bonds is 2. The predicted molar refractivity (Wildman–Crippen MR) is 65.2 cm³/mol. The van der Waals surface area contributed by atoms with Gasteiger partial charge in [-0.3, -0.25) is 0 Å². The topological polar surface area (TPSA) is 26.0 Å². The second-order valence-corrected chi connectivity index (χ2v) is 4.55. The van der Waals surface area contributed by atoms with Crippen LogP contribution in [-0.4, -0.2) is 6.98 Å². The van der Waals surface area contributed by atoms with E-state index in [1.54, 1.807) is 6.92 Å². The summed E-state index contributed by atoms with van der Waals surface area (Å²) < 4.78 is 38.7. The van der Waals surface area contributed by atoms with Crippen LogP contribution in [0.1, 0.15) is 16.7 Å². The summed E-state index contributed by atoms with van der Waals surface area (Å²) >= 11 is 1.94. The molecule has 16 heavy (non-hydrogen) atoms. The fourth-order valence-corrected chi connectivity index (χ4v) is 2.16. The first kappa shape index (κ1) is 17.4. The van der Waals surface area contributed by atoms with Crippen molar-refractivity contribution in [2.45, 2.75) is 20.4 Å². The summed E-state index contributed by atoms with van der Waals surface area (Å²) in [5, 5.41) is 0. The van der Waals surface area contributed by atoms with E-state index in [9.17, 15) is 12.9 Å². The maximum Gasteiger partial charge on any atom is 1.00 e. The van der Waals surface area contributed by atoms with Crippen molar-refractivity contribution in [3.8, 4) is 0 Å². The summed E-state index contributed by atoms with van der Waals surface area (Å²) in [5.74, 6) is 0. The third-order valence-corrected chi connectivity index (χ3v) is 4.09. The van der Waals surface area contributed by atoms with Crippen LogP contribution in [0.3, 0.4) is 0 Å². The average molecular weight is 367 g/mol. The standard InChI is InChI=1S/C9H11BF3IN.K/c1-5-7(4-15)3-8(10(11,12)13)6(2)9(5)14;/h3H,4,15H2,1-2H3;/q-1;+1. The van der Waals surface area contributed by atoms with Gasteiger partial charge in [0.15, 0.2) is 0 Å². The number of benzene rings is 1. The molecule has 0 fully saturated rings. The van der Waals surface area contributed by atoms with E-state index in [2.05, 4.69) is 0 Å². The van der Waals surface area contributed by atoms with Crippen molar-refractivity contribution in [1.82, 2.24) is 0 Å². The molecule has 0 aromatic heterocycles. The molecule has 2 N–H and O–H groups in total. The van der Waals surface area contributed by atoms with E-state index < -0.39 is 12.4 Å². The van der Waals surface area contributed by atoms with Crippen LogP contribution in [0.15, 0.2) is 6.07 Å². The molecule has 0 atom stereocenters. The van der Waals surface area contributed by atoms with Gasteiger partial charge in [0.2, 0.25) is 0 Å². The predicted octanol–water partition coefficient (Wildman–Crippen LogP) is -0.575. The van der Waals surface area contributed by atoms with Crippen LogP contribution in [0.25, 0.3) is 0 Å². The van der Waals surface area contributed by atoms with Crippen LogP contribution < -0.4 is 62.6 Å². The SMILES string of the molecule is Cc1c(CN)cc([B-](F)(F)F)c(C)c1I.[K+]. The Morgan fingerprint density at radius 1 is 1.25 bits per heavy atom. The summed E-state index contributed by atoms with van der Waals surface area (Å²) in [6.07, 6.45) is 0. The van der Waals surface area contributed by atoms with Crippen molar-refractivity contribution in [2.75, 3.05) is 0 Å². The Morgan fingerprint density at radius 2 is 1.75 bits per heavy atom. The zero-order valence-corrected chi connectivity index (χ0v) is 14.7. The van der Waals surface area contributed by atoms with Gasteiger partial charge in [-0.05, 0) is 47.6 Å². The third kappa shape index (κ3) is 3.70. The van der Waals surface area contributed by atoms with E-state index in [0.717, 1.165) is 5.56 Å². The molecule has 0 spiro atoms. The van der Waals surface area contributed by atoms with Crippen LogP contribution in [0, 0.1) is 17.4 Å². The Balaban J connectivity index is 0.00000225. The average Bonchev–Trinajstić information content (AvgIpc) is 2.13. The molecule has 7 heteroatoms. The second kappa shape index (κ2) is 6.53. The molecule has 84 valence electrons. The molecule has 0 aliphatic rings. The number of nitrogens with two attached hydrogens (primary N) is 1. The molecular formula is C9H11BF3IKN. The van der Waals surface area contributed by atoms with Crippen molar-refractivity contribution >= 4 is 35.0 Å². The molecule has 1 aromatic carbocycles. The first-order chi connectivity index (χ1) is 6.79. The summed E-state index contributed by atoms with van der Waals surface area (Å²) in [6.45, 7) is -1.51. The summed E-state index contributed by atoms with van der Waals surface area (Å²) in [7, 11) is 0. The molecule has 1 rings (SSSR count). The van der Waals surface area contributed by atoms with Gasteiger partial charge in [-0.15, -0.1) is 5.46 Å². The fraction of sp³-hybridized carbons (Fsp3) is 0.333. The molecule has 0 amide bonds. The molecule has 0 saturated heterocycles. The smallest absolute Gasteiger partial charge is 0.445 e. The van der Waals surface area contributed by atoms with Crippen LogP contribution in [0.2, 0.25) is 0 Å². The minimum atomic E-state index is -4.95. The molecule has 0 aliphatic heterocycles. The zero-order valence-electron chi connectivity index (χ0n) is 9.45. The van der Waals surface area contributed by atoms with Gasteiger partial charge in [-0.1, -0.05) is 11.6 Å². The van der Waals surface area contributed by atoms with Gasteiger partial charge in [0.25, 0.3) is 0 Å². The number of hydrogen-bond acceptors (Lipinski definition) is 1. The molecule has 0 unspecified atom stereocenters. The normalized spacial score (nSPS) is 11.2. The zero-order chi connectivity index (χ0) is 11.8. The first-order valence-electron chi connectivity index (χ1n) is 4.47. The Labute approximate surface area is 149 Å². The minimum Gasteiger partial charge on any atom is -0.445 e. The fourth-order valence-electron chi connectivity index (χ4n) is 1.51. The van der Waals surface area contributed by atoms with Gasteiger partial charge in [0, 0.05) is 10.1 Å². The molecule has 0 aliphatic carbocycles. The molecule has 0 saturated carbocycles. The van der Waals surface area contributed by atoms with Crippen molar-refractivity contribution in [1.29, 1.82) is 0 Å². The first-order valence-corrected chi connectivity index (χ1v) is 5.55. The van der Waals surface area contributed by atoms with Gasteiger partial charge in [0.1, 0.15) is 0 Å². The Bertz CT molecular complexity index is 395. The van der Waals surface area contributed by atoms with Crippen molar-refractivity contribution in [3.63, 3.8) is 0 Å². The van der Waals surface area contributed by atoms with Crippen molar-refractivity contribution in [2.24, 2.45) is 5.73 Å². The van der Waals surface area contributed by atoms with Crippen LogP contribution in [0.5, 0.6) is 0 Å². The maximum atomic E-state index is 12.7. The Hall–Kier alpha value is 1.40. The Kier molecular flexibility index (Phi) is 7.11. The number of hydrogen-bond donors (Lipinski definition) is 1. The number of halogens is 4. The van der Waals surface area contributed by atoms with E-state index in [0.29, 0.717) is 14.7 Å². The Morgan fingerprint density at radius 3 is 2.12 bits per heavy atom. The molecule has 1 nitrogen and oxygen atoms in total. The monoisotopic (exact) mass is 367 g/mol. The third-order valence-electron chi connectivity index (χ3n) is 2.48. The van der Waals surface area contributed by atoms with Gasteiger partial charge in [0.05, 0.1) is 0 Å². The van der Waals surface area contributed by atoms with Crippen LogP contribution in [-0.2, 0) is 6.54 Å². The maximum absolute atomic E-state index is 12.7. The molecule has 0 heterocycles. The van der Waals surface area contributed by atoms with Gasteiger partial charge < -0.3 is 18.7 Å². The van der Waals surface area contributed by atoms with Crippen molar-refractivity contribution in [3.05, 3.63) is 26.3 Å². The van der Waals surface area contributed by atoms with E-state index in [4.69, 9.17) is 5.73 Å². The molecular weight excluding hydrogens is 356 g/mol. The largest absolute Gasteiger partial charge is 1.00 e. The van der Waals surface area contributed by atoms with E-state index >= 15 is 0 Å². The van der Waals surface area contributed by atoms with Gasteiger partial charge in [-0.25, -0.2) is 0 Å². The minimum absolute atomic E-state index is 0. The second-order valence-electron chi connectivity index (χ2n) is 3.47. The molecule has 0 bridgehead atoms. The van der Waals surface area contributed by atoms with Crippen molar-refractivity contribution < 1.29 is 64.3 Å². The van der Waals surface area contributed by atoms with E-state index in [1.165, 1.54) is 13.0 Å². The van der Waals surface area contributed by atoms with Gasteiger partial charge >= 0.3 is 58.4 Å². The summed E-state index contributed by atoms with van der Waals surface area (Å²) in [4.78, 5) is 0. The van der Waals surface area contributed by atoms with Gasteiger partial charge in [-0.2, -0.15) is 0 Å².